The Labute approximate surface area is 169 Å². The molecule has 0 fully saturated rings. The van der Waals surface area contributed by atoms with Crippen molar-refractivity contribution in [2.24, 2.45) is 0 Å². The zero-order valence-electron chi connectivity index (χ0n) is 15.5. The molecule has 1 amide bonds. The van der Waals surface area contributed by atoms with Crippen LogP contribution in [0, 0.1) is 0 Å². The number of para-hydroxylation sites is 2. The molecule has 0 aliphatic heterocycles. The molecule has 1 heterocycles. The van der Waals surface area contributed by atoms with Crippen LogP contribution in [0.3, 0.4) is 0 Å². The first kappa shape index (κ1) is 19.7. The Balaban J connectivity index is 1.89. The third kappa shape index (κ3) is 4.63. The van der Waals surface area contributed by atoms with E-state index >= 15 is 0 Å². The number of benzene rings is 2. The van der Waals surface area contributed by atoms with E-state index in [2.05, 4.69) is 16.8 Å². The van der Waals surface area contributed by atoms with Gasteiger partial charge in [-0.1, -0.05) is 48.3 Å². The maximum atomic E-state index is 12.2. The maximum absolute atomic E-state index is 12.2. The SMILES string of the molecule is CC[C@H](C)NC(=O)CCn1c(Cc2c(Cl)cccc2Cl)nc2ccccc21. The van der Waals surface area contributed by atoms with Crippen LogP contribution in [-0.4, -0.2) is 21.5 Å². The molecule has 3 rings (SSSR count). The number of carbonyl (C=O) groups excluding carboxylic acids is 1. The molecule has 1 aromatic heterocycles. The van der Waals surface area contributed by atoms with Crippen LogP contribution in [0.4, 0.5) is 0 Å². The van der Waals surface area contributed by atoms with Gasteiger partial charge in [-0.3, -0.25) is 4.79 Å². The topological polar surface area (TPSA) is 46.9 Å². The second-order valence-corrected chi connectivity index (χ2v) is 7.49. The number of nitrogens with zero attached hydrogens (tertiary/aromatic N) is 2. The lowest BCUT2D eigenvalue weighted by atomic mass is 10.1. The van der Waals surface area contributed by atoms with Gasteiger partial charge in [0.05, 0.1) is 11.0 Å². The summed E-state index contributed by atoms with van der Waals surface area (Å²) in [5.74, 6) is 0.895. The minimum Gasteiger partial charge on any atom is -0.354 e. The average Bonchev–Trinajstić information content (AvgIpc) is 3.00. The highest BCUT2D eigenvalue weighted by Gasteiger charge is 2.15. The summed E-state index contributed by atoms with van der Waals surface area (Å²) >= 11 is 12.7. The van der Waals surface area contributed by atoms with Gasteiger partial charge in [-0.05, 0) is 43.2 Å². The number of carbonyl (C=O) groups is 1. The highest BCUT2D eigenvalue weighted by Crippen LogP contribution is 2.28. The molecule has 0 saturated heterocycles. The number of aromatic nitrogens is 2. The quantitative estimate of drug-likeness (QED) is 0.586. The van der Waals surface area contributed by atoms with Crippen molar-refractivity contribution in [1.29, 1.82) is 0 Å². The molecule has 0 spiro atoms. The average molecular weight is 404 g/mol. The Morgan fingerprint density at radius 1 is 1.15 bits per heavy atom. The number of imidazole rings is 1. The monoisotopic (exact) mass is 403 g/mol. The standard InChI is InChI=1S/C21H23Cl2N3O/c1-3-14(2)24-21(27)11-12-26-19-10-5-4-9-18(19)25-20(26)13-15-16(22)7-6-8-17(15)23/h4-10,14H,3,11-13H2,1-2H3,(H,24,27)/t14-/m0/s1. The lowest BCUT2D eigenvalue weighted by molar-refractivity contribution is -0.121. The third-order valence-corrected chi connectivity index (χ3v) is 5.42. The Bertz CT molecular complexity index is 931. The van der Waals surface area contributed by atoms with Gasteiger partial charge in [-0.2, -0.15) is 0 Å². The molecule has 1 atom stereocenters. The minimum absolute atomic E-state index is 0.0452. The first-order valence-corrected chi connectivity index (χ1v) is 9.91. The van der Waals surface area contributed by atoms with E-state index in [1.165, 1.54) is 0 Å². The van der Waals surface area contributed by atoms with Crippen molar-refractivity contribution < 1.29 is 4.79 Å². The van der Waals surface area contributed by atoms with Crippen LogP contribution in [0.15, 0.2) is 42.5 Å². The van der Waals surface area contributed by atoms with Crippen molar-refractivity contribution in [2.75, 3.05) is 0 Å². The van der Waals surface area contributed by atoms with Crippen LogP contribution in [0.5, 0.6) is 0 Å². The number of aryl methyl sites for hydroxylation is 1. The number of rotatable bonds is 7. The Morgan fingerprint density at radius 3 is 2.56 bits per heavy atom. The smallest absolute Gasteiger partial charge is 0.221 e. The molecule has 4 nitrogen and oxygen atoms in total. The summed E-state index contributed by atoms with van der Waals surface area (Å²) in [4.78, 5) is 17.0. The summed E-state index contributed by atoms with van der Waals surface area (Å²) < 4.78 is 2.09. The third-order valence-electron chi connectivity index (χ3n) is 4.71. The molecule has 0 aliphatic rings. The number of nitrogens with one attached hydrogen (secondary N) is 1. The summed E-state index contributed by atoms with van der Waals surface area (Å²) in [7, 11) is 0. The highest BCUT2D eigenvalue weighted by molar-refractivity contribution is 6.36. The van der Waals surface area contributed by atoms with Crippen molar-refractivity contribution >= 4 is 40.1 Å². The van der Waals surface area contributed by atoms with E-state index < -0.39 is 0 Å². The van der Waals surface area contributed by atoms with E-state index in [9.17, 15) is 4.79 Å². The minimum atomic E-state index is 0.0452. The molecule has 0 radical (unpaired) electrons. The predicted molar refractivity (Wildman–Crippen MR) is 112 cm³/mol. The second-order valence-electron chi connectivity index (χ2n) is 6.67. The molecular formula is C21H23Cl2N3O. The van der Waals surface area contributed by atoms with Crippen molar-refractivity contribution in [3.8, 4) is 0 Å². The fourth-order valence-electron chi connectivity index (χ4n) is 3.03. The first-order chi connectivity index (χ1) is 13.0. The van der Waals surface area contributed by atoms with Crippen molar-refractivity contribution in [1.82, 2.24) is 14.9 Å². The summed E-state index contributed by atoms with van der Waals surface area (Å²) in [5, 5.41) is 4.25. The molecule has 142 valence electrons. The van der Waals surface area contributed by atoms with Crippen LogP contribution >= 0.6 is 23.2 Å². The largest absolute Gasteiger partial charge is 0.354 e. The Kier molecular flexibility index (Phi) is 6.40. The van der Waals surface area contributed by atoms with Gasteiger partial charge >= 0.3 is 0 Å². The van der Waals surface area contributed by atoms with Crippen LogP contribution in [-0.2, 0) is 17.8 Å². The summed E-state index contributed by atoms with van der Waals surface area (Å²) in [6, 6.07) is 13.6. The predicted octanol–water partition coefficient (Wildman–Crippen LogP) is 5.24. The first-order valence-electron chi connectivity index (χ1n) is 9.16. The van der Waals surface area contributed by atoms with Crippen LogP contribution in [0.2, 0.25) is 10.0 Å². The zero-order chi connectivity index (χ0) is 19.4. The fourth-order valence-corrected chi connectivity index (χ4v) is 3.56. The van der Waals surface area contributed by atoms with Crippen molar-refractivity contribution in [2.45, 2.75) is 45.7 Å². The van der Waals surface area contributed by atoms with Gasteiger partial charge in [0.1, 0.15) is 5.82 Å². The molecule has 0 unspecified atom stereocenters. The lowest BCUT2D eigenvalue weighted by Crippen LogP contribution is -2.32. The molecule has 0 bridgehead atoms. The van der Waals surface area contributed by atoms with Gasteiger partial charge in [0, 0.05) is 35.5 Å². The fraction of sp³-hybridized carbons (Fsp3) is 0.333. The Hall–Kier alpha value is -2.04. The van der Waals surface area contributed by atoms with Gasteiger partial charge in [0.2, 0.25) is 5.91 Å². The van der Waals surface area contributed by atoms with Gasteiger partial charge in [0.15, 0.2) is 0 Å². The molecular weight excluding hydrogens is 381 g/mol. The normalized spacial score (nSPS) is 12.3. The molecule has 1 N–H and O–H groups in total. The van der Waals surface area contributed by atoms with Crippen LogP contribution in [0.25, 0.3) is 11.0 Å². The second kappa shape index (κ2) is 8.77. The molecule has 27 heavy (non-hydrogen) atoms. The molecule has 3 aromatic rings. The summed E-state index contributed by atoms with van der Waals surface area (Å²) in [5.41, 5.74) is 2.76. The maximum Gasteiger partial charge on any atom is 0.221 e. The number of amides is 1. The van der Waals surface area contributed by atoms with Gasteiger partial charge in [0.25, 0.3) is 0 Å². The van der Waals surface area contributed by atoms with E-state index in [0.717, 1.165) is 28.8 Å². The van der Waals surface area contributed by atoms with E-state index in [-0.39, 0.29) is 11.9 Å². The van der Waals surface area contributed by atoms with E-state index in [0.29, 0.717) is 29.4 Å². The van der Waals surface area contributed by atoms with Gasteiger partial charge in [-0.25, -0.2) is 4.98 Å². The summed E-state index contributed by atoms with van der Waals surface area (Å²) in [6.45, 7) is 4.62. The van der Waals surface area contributed by atoms with Crippen LogP contribution in [0.1, 0.15) is 38.1 Å². The molecule has 6 heteroatoms. The number of hydrogen-bond donors (Lipinski definition) is 1. The lowest BCUT2D eigenvalue weighted by Gasteiger charge is -2.13. The van der Waals surface area contributed by atoms with Crippen LogP contribution < -0.4 is 5.32 Å². The zero-order valence-corrected chi connectivity index (χ0v) is 17.0. The van der Waals surface area contributed by atoms with E-state index in [1.807, 2.05) is 49.4 Å². The summed E-state index contributed by atoms with van der Waals surface area (Å²) in [6.07, 6.45) is 1.82. The molecule has 0 saturated carbocycles. The van der Waals surface area contributed by atoms with Crippen molar-refractivity contribution in [3.63, 3.8) is 0 Å². The number of halogens is 2. The van der Waals surface area contributed by atoms with Gasteiger partial charge < -0.3 is 9.88 Å². The van der Waals surface area contributed by atoms with E-state index in [4.69, 9.17) is 28.2 Å². The highest BCUT2D eigenvalue weighted by atomic mass is 35.5. The van der Waals surface area contributed by atoms with Gasteiger partial charge in [-0.15, -0.1) is 0 Å². The Morgan fingerprint density at radius 2 is 1.85 bits per heavy atom. The number of fused-ring (bicyclic) bond motifs is 1. The van der Waals surface area contributed by atoms with E-state index in [1.54, 1.807) is 0 Å². The van der Waals surface area contributed by atoms with Crippen molar-refractivity contribution in [3.05, 3.63) is 63.9 Å². The number of hydrogen-bond acceptors (Lipinski definition) is 2. The molecule has 0 aliphatic carbocycles. The molecule has 2 aromatic carbocycles.